The van der Waals surface area contributed by atoms with Gasteiger partial charge in [-0.25, -0.2) is 4.98 Å². The molecule has 0 unspecified atom stereocenters. The maximum absolute atomic E-state index is 12.0. The van der Waals surface area contributed by atoms with Gasteiger partial charge in [-0.2, -0.15) is 0 Å². The molecule has 5 heteroatoms. The Morgan fingerprint density at radius 3 is 2.95 bits per heavy atom. The van der Waals surface area contributed by atoms with E-state index in [9.17, 15) is 4.79 Å². The topological polar surface area (TPSA) is 42.0 Å². The average Bonchev–Trinajstić information content (AvgIpc) is 2.86. The number of benzene rings is 2. The van der Waals surface area contributed by atoms with Crippen LogP contribution < -0.4 is 5.32 Å². The van der Waals surface area contributed by atoms with E-state index >= 15 is 0 Å². The highest BCUT2D eigenvalue weighted by molar-refractivity contribution is 14.1. The van der Waals surface area contributed by atoms with Crippen molar-refractivity contribution in [2.24, 2.45) is 0 Å². The van der Waals surface area contributed by atoms with Crippen molar-refractivity contribution in [2.75, 3.05) is 5.32 Å². The first-order valence-corrected chi connectivity index (χ1v) is 8.61. The smallest absolute Gasteiger partial charge is 0.250 e. The van der Waals surface area contributed by atoms with Crippen LogP contribution in [0.5, 0.6) is 0 Å². The SMILES string of the molecule is Cc1ccc2nc(NC(=O)/C=C/c3cccc(I)c3)sc2c1. The summed E-state index contributed by atoms with van der Waals surface area (Å²) in [7, 11) is 0. The number of anilines is 1. The predicted molar refractivity (Wildman–Crippen MR) is 101 cm³/mol. The van der Waals surface area contributed by atoms with Gasteiger partial charge in [0.2, 0.25) is 5.91 Å². The van der Waals surface area contributed by atoms with Gasteiger partial charge in [-0.05, 0) is 71.0 Å². The molecule has 0 aliphatic heterocycles. The summed E-state index contributed by atoms with van der Waals surface area (Å²) in [6.07, 6.45) is 3.33. The predicted octanol–water partition coefficient (Wildman–Crippen LogP) is 4.86. The first-order chi connectivity index (χ1) is 10.6. The van der Waals surface area contributed by atoms with Crippen LogP contribution in [0.4, 0.5) is 5.13 Å². The number of aryl methyl sites for hydroxylation is 1. The molecule has 0 spiro atoms. The highest BCUT2D eigenvalue weighted by atomic mass is 127. The van der Waals surface area contributed by atoms with E-state index in [-0.39, 0.29) is 5.91 Å². The summed E-state index contributed by atoms with van der Waals surface area (Å²) in [4.78, 5) is 16.4. The van der Waals surface area contributed by atoms with Gasteiger partial charge < -0.3 is 0 Å². The molecule has 2 aromatic carbocycles. The van der Waals surface area contributed by atoms with Gasteiger partial charge in [0.1, 0.15) is 0 Å². The Labute approximate surface area is 146 Å². The van der Waals surface area contributed by atoms with Crippen molar-refractivity contribution in [3.63, 3.8) is 0 Å². The third kappa shape index (κ3) is 3.72. The van der Waals surface area contributed by atoms with Crippen LogP contribution in [0.25, 0.3) is 16.3 Å². The number of carbonyl (C=O) groups is 1. The Balaban J connectivity index is 1.72. The fourth-order valence-electron chi connectivity index (χ4n) is 2.01. The molecule has 0 saturated heterocycles. The number of halogens is 1. The molecule has 1 heterocycles. The van der Waals surface area contributed by atoms with Crippen molar-refractivity contribution in [2.45, 2.75) is 6.92 Å². The number of hydrogen-bond acceptors (Lipinski definition) is 3. The van der Waals surface area contributed by atoms with E-state index in [1.165, 1.54) is 23.0 Å². The van der Waals surface area contributed by atoms with Gasteiger partial charge in [-0.15, -0.1) is 0 Å². The van der Waals surface area contributed by atoms with Crippen LogP contribution in [0.15, 0.2) is 48.5 Å². The van der Waals surface area contributed by atoms with Gasteiger partial charge >= 0.3 is 0 Å². The molecule has 0 aliphatic rings. The van der Waals surface area contributed by atoms with E-state index in [1.807, 2.05) is 43.3 Å². The minimum atomic E-state index is -0.172. The zero-order valence-corrected chi connectivity index (χ0v) is 14.8. The van der Waals surface area contributed by atoms with Gasteiger partial charge in [0.15, 0.2) is 5.13 Å². The van der Waals surface area contributed by atoms with E-state index in [1.54, 1.807) is 6.08 Å². The average molecular weight is 420 g/mol. The molecule has 0 aliphatic carbocycles. The first-order valence-electron chi connectivity index (χ1n) is 6.72. The summed E-state index contributed by atoms with van der Waals surface area (Å²) < 4.78 is 2.22. The maximum Gasteiger partial charge on any atom is 0.250 e. The Morgan fingerprint density at radius 2 is 2.14 bits per heavy atom. The number of aromatic nitrogens is 1. The molecular weight excluding hydrogens is 407 g/mol. The van der Waals surface area contributed by atoms with E-state index in [0.717, 1.165) is 19.4 Å². The maximum atomic E-state index is 12.0. The molecule has 1 amide bonds. The van der Waals surface area contributed by atoms with Crippen LogP contribution in [0.3, 0.4) is 0 Å². The molecule has 22 heavy (non-hydrogen) atoms. The molecule has 0 radical (unpaired) electrons. The molecule has 0 fully saturated rings. The second kappa shape index (κ2) is 6.58. The molecule has 0 atom stereocenters. The second-order valence-electron chi connectivity index (χ2n) is 4.87. The number of carbonyl (C=O) groups excluding carboxylic acids is 1. The van der Waals surface area contributed by atoms with E-state index in [4.69, 9.17) is 0 Å². The zero-order chi connectivity index (χ0) is 15.5. The van der Waals surface area contributed by atoms with Gasteiger partial charge in [0.05, 0.1) is 10.2 Å². The zero-order valence-electron chi connectivity index (χ0n) is 11.8. The molecule has 3 rings (SSSR count). The summed E-state index contributed by atoms with van der Waals surface area (Å²) in [6, 6.07) is 14.0. The number of rotatable bonds is 3. The Hall–Kier alpha value is -1.73. The fourth-order valence-corrected chi connectivity index (χ4v) is 3.55. The summed E-state index contributed by atoms with van der Waals surface area (Å²) >= 11 is 3.73. The summed E-state index contributed by atoms with van der Waals surface area (Å²) in [5.74, 6) is -0.172. The lowest BCUT2D eigenvalue weighted by Crippen LogP contribution is -2.07. The molecule has 1 aromatic heterocycles. The summed E-state index contributed by atoms with van der Waals surface area (Å²) in [6.45, 7) is 2.04. The van der Waals surface area contributed by atoms with Gasteiger partial charge in [-0.1, -0.05) is 29.5 Å². The third-order valence-electron chi connectivity index (χ3n) is 3.05. The molecule has 0 bridgehead atoms. The van der Waals surface area contributed by atoms with Crippen LogP contribution in [-0.2, 0) is 4.79 Å². The monoisotopic (exact) mass is 420 g/mol. The van der Waals surface area contributed by atoms with Crippen molar-refractivity contribution in [3.05, 3.63) is 63.2 Å². The van der Waals surface area contributed by atoms with Crippen LogP contribution >= 0.6 is 33.9 Å². The number of nitrogens with zero attached hydrogens (tertiary/aromatic N) is 1. The highest BCUT2D eigenvalue weighted by Crippen LogP contribution is 2.26. The Kier molecular flexibility index (Phi) is 4.54. The number of nitrogens with one attached hydrogen (secondary N) is 1. The van der Waals surface area contributed by atoms with Crippen molar-refractivity contribution in [3.8, 4) is 0 Å². The van der Waals surface area contributed by atoms with Crippen LogP contribution in [0, 0.1) is 10.5 Å². The molecule has 3 aromatic rings. The molecular formula is C17H13IN2OS. The normalized spacial score (nSPS) is 11.2. The lowest BCUT2D eigenvalue weighted by Gasteiger charge is -1.96. The minimum Gasteiger partial charge on any atom is -0.298 e. The van der Waals surface area contributed by atoms with Crippen molar-refractivity contribution in [1.82, 2.24) is 4.98 Å². The van der Waals surface area contributed by atoms with Crippen molar-refractivity contribution >= 4 is 61.3 Å². The van der Waals surface area contributed by atoms with Crippen LogP contribution in [-0.4, -0.2) is 10.9 Å². The molecule has 110 valence electrons. The number of thiazole rings is 1. The van der Waals surface area contributed by atoms with Crippen molar-refractivity contribution in [1.29, 1.82) is 0 Å². The first kappa shape index (κ1) is 15.2. The van der Waals surface area contributed by atoms with Crippen molar-refractivity contribution < 1.29 is 4.79 Å². The Bertz CT molecular complexity index is 870. The molecule has 1 N–H and O–H groups in total. The third-order valence-corrected chi connectivity index (χ3v) is 4.65. The van der Waals surface area contributed by atoms with Crippen LogP contribution in [0.2, 0.25) is 0 Å². The van der Waals surface area contributed by atoms with Crippen LogP contribution in [0.1, 0.15) is 11.1 Å². The van der Waals surface area contributed by atoms with Gasteiger partial charge in [0.25, 0.3) is 0 Å². The van der Waals surface area contributed by atoms with E-state index in [0.29, 0.717) is 5.13 Å². The summed E-state index contributed by atoms with van der Waals surface area (Å²) in [5, 5.41) is 3.44. The van der Waals surface area contributed by atoms with Gasteiger partial charge in [-0.3, -0.25) is 10.1 Å². The highest BCUT2D eigenvalue weighted by Gasteiger charge is 2.05. The number of hydrogen-bond donors (Lipinski definition) is 1. The van der Waals surface area contributed by atoms with E-state index in [2.05, 4.69) is 39.0 Å². The lowest BCUT2D eigenvalue weighted by molar-refractivity contribution is -0.111. The molecule has 0 saturated carbocycles. The second-order valence-corrected chi connectivity index (χ2v) is 7.14. The minimum absolute atomic E-state index is 0.172. The number of amides is 1. The van der Waals surface area contributed by atoms with E-state index < -0.39 is 0 Å². The van der Waals surface area contributed by atoms with Gasteiger partial charge in [0, 0.05) is 9.65 Å². The standard InChI is InChI=1S/C17H13IN2OS/c1-11-5-7-14-15(9-11)22-17(19-14)20-16(21)8-6-12-3-2-4-13(18)10-12/h2-10H,1H3,(H,19,20,21)/b8-6+. The summed E-state index contributed by atoms with van der Waals surface area (Å²) in [5.41, 5.74) is 3.10. The quantitative estimate of drug-likeness (QED) is 0.486. The lowest BCUT2D eigenvalue weighted by atomic mass is 10.2. The number of fused-ring (bicyclic) bond motifs is 1. The largest absolute Gasteiger partial charge is 0.298 e. The fraction of sp³-hybridized carbons (Fsp3) is 0.0588. The Morgan fingerprint density at radius 1 is 1.27 bits per heavy atom. The molecule has 3 nitrogen and oxygen atoms in total.